The largest absolute Gasteiger partial charge is 0.393 e. The molecule has 0 aromatic rings. The third-order valence-corrected chi connectivity index (χ3v) is 3.40. The molecule has 1 saturated heterocycles. The third-order valence-electron chi connectivity index (χ3n) is 3.40. The molecular formula is C12H22O2. The van der Waals surface area contributed by atoms with Crippen molar-refractivity contribution in [2.24, 2.45) is 5.92 Å². The summed E-state index contributed by atoms with van der Waals surface area (Å²) in [4.78, 5) is 0. The molecular weight excluding hydrogens is 176 g/mol. The lowest BCUT2D eigenvalue weighted by molar-refractivity contribution is 0.00137. The number of hydrogen-bond acceptors (Lipinski definition) is 2. The molecule has 2 nitrogen and oxygen atoms in total. The minimum absolute atomic E-state index is 0.0620. The third kappa shape index (κ3) is 3.58. The highest BCUT2D eigenvalue weighted by Gasteiger charge is 2.25. The molecule has 0 aromatic carbocycles. The van der Waals surface area contributed by atoms with Gasteiger partial charge >= 0.3 is 0 Å². The highest BCUT2D eigenvalue weighted by atomic mass is 16.5. The Morgan fingerprint density at radius 2 is 2.07 bits per heavy atom. The number of hydrogen-bond donors (Lipinski definition) is 1. The van der Waals surface area contributed by atoms with Crippen molar-refractivity contribution in [1.82, 2.24) is 0 Å². The van der Waals surface area contributed by atoms with E-state index < -0.39 is 0 Å². The average Bonchev–Trinajstić information content (AvgIpc) is 3.00. The second-order valence-electron chi connectivity index (χ2n) is 4.90. The van der Waals surface area contributed by atoms with Crippen molar-refractivity contribution in [3.63, 3.8) is 0 Å². The molecule has 2 heteroatoms. The van der Waals surface area contributed by atoms with Gasteiger partial charge in [-0.25, -0.2) is 0 Å². The van der Waals surface area contributed by atoms with Gasteiger partial charge in [0.25, 0.3) is 0 Å². The zero-order chi connectivity index (χ0) is 9.80. The molecule has 2 atom stereocenters. The Morgan fingerprint density at radius 1 is 1.21 bits per heavy atom. The minimum Gasteiger partial charge on any atom is -0.393 e. The molecule has 0 aromatic heterocycles. The standard InChI is InChI=1S/C12H22O2/c13-11(9-10-4-5-10)6-7-12-3-1-2-8-14-12/h10-13H,1-9H2. The van der Waals surface area contributed by atoms with E-state index in [1.807, 2.05) is 0 Å². The lowest BCUT2D eigenvalue weighted by Crippen LogP contribution is -2.21. The fourth-order valence-electron chi connectivity index (χ4n) is 2.27. The van der Waals surface area contributed by atoms with Crippen molar-refractivity contribution in [3.8, 4) is 0 Å². The Hall–Kier alpha value is -0.0800. The monoisotopic (exact) mass is 198 g/mol. The van der Waals surface area contributed by atoms with Gasteiger partial charge in [0.15, 0.2) is 0 Å². The van der Waals surface area contributed by atoms with Gasteiger partial charge in [-0.2, -0.15) is 0 Å². The van der Waals surface area contributed by atoms with Gasteiger partial charge in [0.2, 0.25) is 0 Å². The molecule has 1 saturated carbocycles. The molecule has 1 heterocycles. The first-order valence-electron chi connectivity index (χ1n) is 6.14. The zero-order valence-corrected chi connectivity index (χ0v) is 8.95. The van der Waals surface area contributed by atoms with Crippen LogP contribution in [-0.2, 0) is 4.74 Å². The van der Waals surface area contributed by atoms with Crippen LogP contribution in [0.25, 0.3) is 0 Å². The highest BCUT2D eigenvalue weighted by molar-refractivity contribution is 4.77. The second-order valence-corrected chi connectivity index (χ2v) is 4.90. The Bertz CT molecular complexity index is 160. The van der Waals surface area contributed by atoms with E-state index in [0.29, 0.717) is 6.10 Å². The fourth-order valence-corrected chi connectivity index (χ4v) is 2.27. The summed E-state index contributed by atoms with van der Waals surface area (Å²) in [6.45, 7) is 0.934. The van der Waals surface area contributed by atoms with Crippen LogP contribution < -0.4 is 0 Å². The van der Waals surface area contributed by atoms with Crippen molar-refractivity contribution < 1.29 is 9.84 Å². The van der Waals surface area contributed by atoms with E-state index in [0.717, 1.165) is 31.8 Å². The Morgan fingerprint density at radius 3 is 2.71 bits per heavy atom. The van der Waals surface area contributed by atoms with Crippen LogP contribution in [0.5, 0.6) is 0 Å². The summed E-state index contributed by atoms with van der Waals surface area (Å²) in [5.41, 5.74) is 0. The predicted octanol–water partition coefficient (Wildman–Crippen LogP) is 2.50. The van der Waals surface area contributed by atoms with Crippen molar-refractivity contribution >= 4 is 0 Å². The summed E-state index contributed by atoms with van der Waals surface area (Å²) < 4.78 is 5.64. The van der Waals surface area contributed by atoms with Crippen molar-refractivity contribution in [1.29, 1.82) is 0 Å². The molecule has 0 bridgehead atoms. The minimum atomic E-state index is -0.0620. The smallest absolute Gasteiger partial charge is 0.0576 e. The van der Waals surface area contributed by atoms with Crippen LogP contribution >= 0.6 is 0 Å². The quantitative estimate of drug-likeness (QED) is 0.735. The topological polar surface area (TPSA) is 29.5 Å². The van der Waals surface area contributed by atoms with E-state index in [4.69, 9.17) is 4.74 Å². The molecule has 2 rings (SSSR count). The summed E-state index contributed by atoms with van der Waals surface area (Å²) in [7, 11) is 0. The molecule has 2 unspecified atom stereocenters. The first kappa shape index (κ1) is 10.4. The lowest BCUT2D eigenvalue weighted by Gasteiger charge is -2.23. The Labute approximate surface area is 86.6 Å². The van der Waals surface area contributed by atoms with E-state index >= 15 is 0 Å². The number of aliphatic hydroxyl groups excluding tert-OH is 1. The molecule has 1 aliphatic carbocycles. The molecule has 2 fully saturated rings. The zero-order valence-electron chi connectivity index (χ0n) is 8.95. The van der Waals surface area contributed by atoms with Gasteiger partial charge in [-0.15, -0.1) is 0 Å². The lowest BCUT2D eigenvalue weighted by atomic mass is 10.0. The van der Waals surface area contributed by atoms with E-state index in [9.17, 15) is 5.11 Å². The molecule has 1 aliphatic heterocycles. The first-order valence-corrected chi connectivity index (χ1v) is 6.14. The summed E-state index contributed by atoms with van der Waals surface area (Å²) in [5, 5.41) is 9.73. The van der Waals surface area contributed by atoms with E-state index in [-0.39, 0.29) is 6.10 Å². The van der Waals surface area contributed by atoms with Crippen molar-refractivity contribution in [3.05, 3.63) is 0 Å². The predicted molar refractivity (Wildman–Crippen MR) is 56.2 cm³/mol. The maximum atomic E-state index is 9.73. The molecule has 0 amide bonds. The van der Waals surface area contributed by atoms with Crippen LogP contribution in [0.4, 0.5) is 0 Å². The SMILES string of the molecule is OC(CCC1CCCCO1)CC1CC1. The van der Waals surface area contributed by atoms with E-state index in [1.54, 1.807) is 0 Å². The van der Waals surface area contributed by atoms with Gasteiger partial charge in [-0.05, 0) is 44.4 Å². The average molecular weight is 198 g/mol. The van der Waals surface area contributed by atoms with Crippen LogP contribution in [0, 0.1) is 5.92 Å². The molecule has 14 heavy (non-hydrogen) atoms. The van der Waals surface area contributed by atoms with Gasteiger partial charge in [0.05, 0.1) is 12.2 Å². The van der Waals surface area contributed by atoms with Crippen LogP contribution in [0.2, 0.25) is 0 Å². The number of rotatable bonds is 5. The van der Waals surface area contributed by atoms with Gasteiger partial charge < -0.3 is 9.84 Å². The first-order chi connectivity index (χ1) is 6.84. The maximum Gasteiger partial charge on any atom is 0.0576 e. The van der Waals surface area contributed by atoms with Crippen LogP contribution in [-0.4, -0.2) is 23.9 Å². The molecule has 0 spiro atoms. The van der Waals surface area contributed by atoms with Gasteiger partial charge in [0, 0.05) is 6.61 Å². The summed E-state index contributed by atoms with van der Waals surface area (Å²) >= 11 is 0. The molecule has 0 radical (unpaired) electrons. The number of aliphatic hydroxyl groups is 1. The Kier molecular flexibility index (Phi) is 3.82. The van der Waals surface area contributed by atoms with Gasteiger partial charge in [0.1, 0.15) is 0 Å². The van der Waals surface area contributed by atoms with Crippen molar-refractivity contribution in [2.75, 3.05) is 6.61 Å². The van der Waals surface area contributed by atoms with E-state index in [1.165, 1.54) is 32.1 Å². The fraction of sp³-hybridized carbons (Fsp3) is 1.00. The number of ether oxygens (including phenoxy) is 1. The second kappa shape index (κ2) is 5.13. The molecule has 82 valence electrons. The van der Waals surface area contributed by atoms with Crippen molar-refractivity contribution in [2.45, 2.75) is 63.6 Å². The maximum absolute atomic E-state index is 9.73. The highest BCUT2D eigenvalue weighted by Crippen LogP contribution is 2.34. The Balaban J connectivity index is 1.55. The van der Waals surface area contributed by atoms with E-state index in [2.05, 4.69) is 0 Å². The van der Waals surface area contributed by atoms with Gasteiger partial charge in [-0.1, -0.05) is 12.8 Å². The summed E-state index contributed by atoms with van der Waals surface area (Å²) in [5.74, 6) is 0.845. The van der Waals surface area contributed by atoms with Crippen LogP contribution in [0.3, 0.4) is 0 Å². The molecule has 1 N–H and O–H groups in total. The summed E-state index contributed by atoms with van der Waals surface area (Å²) in [6.07, 6.45) is 9.85. The normalized spacial score (nSPS) is 30.2. The van der Waals surface area contributed by atoms with Crippen LogP contribution in [0.15, 0.2) is 0 Å². The summed E-state index contributed by atoms with van der Waals surface area (Å²) in [6, 6.07) is 0. The van der Waals surface area contributed by atoms with Crippen LogP contribution in [0.1, 0.15) is 51.4 Å². The van der Waals surface area contributed by atoms with Gasteiger partial charge in [-0.3, -0.25) is 0 Å². The molecule has 2 aliphatic rings.